The van der Waals surface area contributed by atoms with E-state index in [1.807, 2.05) is 35.7 Å². The molecule has 1 aromatic carbocycles. The van der Waals surface area contributed by atoms with Crippen molar-refractivity contribution in [2.45, 2.75) is 11.8 Å². The number of aromatic nitrogens is 1. The van der Waals surface area contributed by atoms with Crippen molar-refractivity contribution in [1.29, 1.82) is 0 Å². The van der Waals surface area contributed by atoms with Crippen LogP contribution in [0.2, 0.25) is 0 Å². The molecule has 0 saturated carbocycles. The molecule has 0 aliphatic rings. The summed E-state index contributed by atoms with van der Waals surface area (Å²) in [6.07, 6.45) is 0. The second kappa shape index (κ2) is 6.70. The van der Waals surface area contributed by atoms with E-state index < -0.39 is 12.0 Å². The number of aliphatic carboxylic acids is 1. The molecule has 3 N–H and O–H groups in total. The number of hydrogen-bond donors (Lipinski definition) is 2. The highest BCUT2D eigenvalue weighted by molar-refractivity contribution is 7.98. The number of thiazole rings is 1. The number of carboxylic acid groups (broad SMARTS) is 1. The molecule has 2 aromatic rings. The maximum atomic E-state index is 10.6. The monoisotopic (exact) mass is 294 g/mol. The van der Waals surface area contributed by atoms with Gasteiger partial charge < -0.3 is 10.8 Å². The van der Waals surface area contributed by atoms with Crippen LogP contribution in [0.1, 0.15) is 5.69 Å². The zero-order valence-electron chi connectivity index (χ0n) is 10.2. The van der Waals surface area contributed by atoms with Crippen LogP contribution in [0.25, 0.3) is 10.6 Å². The maximum absolute atomic E-state index is 10.6. The predicted octanol–water partition coefficient (Wildman–Crippen LogP) is 2.46. The topological polar surface area (TPSA) is 76.2 Å². The van der Waals surface area contributed by atoms with Crippen molar-refractivity contribution in [2.24, 2.45) is 5.73 Å². The fourth-order valence-electron chi connectivity index (χ4n) is 1.45. The lowest BCUT2D eigenvalue weighted by Gasteiger charge is -2.04. The van der Waals surface area contributed by atoms with E-state index in [9.17, 15) is 4.79 Å². The molecule has 1 unspecified atom stereocenters. The Kier molecular flexibility index (Phi) is 4.95. The number of carboxylic acids is 1. The van der Waals surface area contributed by atoms with Crippen LogP contribution in [-0.4, -0.2) is 27.9 Å². The molecular formula is C13H14N2O2S2. The molecule has 0 saturated heterocycles. The third kappa shape index (κ3) is 4.05. The molecule has 2 rings (SSSR count). The highest BCUT2D eigenvalue weighted by Gasteiger charge is 2.11. The van der Waals surface area contributed by atoms with Gasteiger partial charge in [-0.2, -0.15) is 11.8 Å². The summed E-state index contributed by atoms with van der Waals surface area (Å²) in [5.74, 6) is 0.119. The third-order valence-corrected chi connectivity index (χ3v) is 4.47. The van der Waals surface area contributed by atoms with Crippen molar-refractivity contribution < 1.29 is 9.90 Å². The van der Waals surface area contributed by atoms with Crippen LogP contribution in [0.15, 0.2) is 35.7 Å². The summed E-state index contributed by atoms with van der Waals surface area (Å²) < 4.78 is 0. The Morgan fingerprint density at radius 1 is 1.42 bits per heavy atom. The van der Waals surface area contributed by atoms with Gasteiger partial charge >= 0.3 is 5.97 Å². The lowest BCUT2D eigenvalue weighted by atomic mass is 10.2. The molecule has 0 aliphatic carbocycles. The van der Waals surface area contributed by atoms with Crippen LogP contribution in [-0.2, 0) is 10.5 Å². The summed E-state index contributed by atoms with van der Waals surface area (Å²) in [6.45, 7) is 0. The number of benzene rings is 1. The molecule has 4 nitrogen and oxygen atoms in total. The Hall–Kier alpha value is -1.37. The first-order valence-electron chi connectivity index (χ1n) is 5.73. The van der Waals surface area contributed by atoms with Gasteiger partial charge in [0.15, 0.2) is 0 Å². The molecule has 19 heavy (non-hydrogen) atoms. The van der Waals surface area contributed by atoms with Gasteiger partial charge in [0, 0.05) is 22.4 Å². The Labute approximate surface area is 119 Å². The van der Waals surface area contributed by atoms with Crippen LogP contribution in [0, 0.1) is 0 Å². The quantitative estimate of drug-likeness (QED) is 0.856. The van der Waals surface area contributed by atoms with Gasteiger partial charge in [-0.15, -0.1) is 11.3 Å². The molecule has 0 radical (unpaired) electrons. The SMILES string of the molecule is NC(CSCc1csc(-c2ccccc2)n1)C(=O)O. The number of nitrogens with two attached hydrogens (primary N) is 1. The molecule has 100 valence electrons. The maximum Gasteiger partial charge on any atom is 0.321 e. The minimum atomic E-state index is -0.962. The van der Waals surface area contributed by atoms with Gasteiger partial charge in [-0.3, -0.25) is 4.79 Å². The van der Waals surface area contributed by atoms with Gasteiger partial charge in [0.05, 0.1) is 5.69 Å². The third-order valence-electron chi connectivity index (χ3n) is 2.44. The molecule has 1 aromatic heterocycles. The zero-order chi connectivity index (χ0) is 13.7. The average molecular weight is 294 g/mol. The molecule has 0 fully saturated rings. The fraction of sp³-hybridized carbons (Fsp3) is 0.231. The van der Waals surface area contributed by atoms with E-state index in [0.29, 0.717) is 11.5 Å². The van der Waals surface area contributed by atoms with Crippen LogP contribution < -0.4 is 5.73 Å². The zero-order valence-corrected chi connectivity index (χ0v) is 11.8. The molecule has 0 bridgehead atoms. The van der Waals surface area contributed by atoms with Gasteiger partial charge in [-0.1, -0.05) is 30.3 Å². The van der Waals surface area contributed by atoms with Gasteiger partial charge in [-0.05, 0) is 0 Å². The lowest BCUT2D eigenvalue weighted by molar-refractivity contribution is -0.137. The first-order chi connectivity index (χ1) is 9.16. The molecule has 6 heteroatoms. The van der Waals surface area contributed by atoms with E-state index in [2.05, 4.69) is 4.98 Å². The van der Waals surface area contributed by atoms with E-state index >= 15 is 0 Å². The second-order valence-electron chi connectivity index (χ2n) is 3.97. The summed E-state index contributed by atoms with van der Waals surface area (Å²) in [5.41, 5.74) is 7.51. The van der Waals surface area contributed by atoms with Crippen LogP contribution in [0.5, 0.6) is 0 Å². The highest BCUT2D eigenvalue weighted by Crippen LogP contribution is 2.25. The van der Waals surface area contributed by atoms with Crippen molar-refractivity contribution in [1.82, 2.24) is 4.98 Å². The Bertz CT molecular complexity index is 543. The number of nitrogens with zero attached hydrogens (tertiary/aromatic N) is 1. The Morgan fingerprint density at radius 2 is 2.16 bits per heavy atom. The Morgan fingerprint density at radius 3 is 2.84 bits per heavy atom. The number of thioether (sulfide) groups is 1. The van der Waals surface area contributed by atoms with E-state index in [1.54, 1.807) is 11.3 Å². The van der Waals surface area contributed by atoms with Gasteiger partial charge in [0.25, 0.3) is 0 Å². The molecular weight excluding hydrogens is 280 g/mol. The van der Waals surface area contributed by atoms with Crippen molar-refractivity contribution in [2.75, 3.05) is 5.75 Å². The summed E-state index contributed by atoms with van der Waals surface area (Å²) in [7, 11) is 0. The molecule has 0 spiro atoms. The van der Waals surface area contributed by atoms with Crippen LogP contribution >= 0.6 is 23.1 Å². The van der Waals surface area contributed by atoms with Crippen molar-refractivity contribution in [3.8, 4) is 10.6 Å². The Balaban J connectivity index is 1.90. The number of hydrogen-bond acceptors (Lipinski definition) is 5. The lowest BCUT2D eigenvalue weighted by Crippen LogP contribution is -2.32. The normalized spacial score (nSPS) is 12.3. The standard InChI is InChI=1S/C13H14N2O2S2/c14-11(13(16)17)8-18-6-10-7-19-12(15-10)9-4-2-1-3-5-9/h1-5,7,11H,6,8,14H2,(H,16,17). The van der Waals surface area contributed by atoms with E-state index in [1.165, 1.54) is 11.8 Å². The largest absolute Gasteiger partial charge is 0.480 e. The van der Waals surface area contributed by atoms with Gasteiger partial charge in [-0.25, -0.2) is 4.98 Å². The smallest absolute Gasteiger partial charge is 0.321 e. The minimum absolute atomic E-state index is 0.396. The molecule has 1 atom stereocenters. The average Bonchev–Trinajstić information content (AvgIpc) is 2.88. The summed E-state index contributed by atoms with van der Waals surface area (Å²) in [5, 5.41) is 11.7. The van der Waals surface area contributed by atoms with Crippen molar-refractivity contribution in [3.05, 3.63) is 41.4 Å². The van der Waals surface area contributed by atoms with E-state index in [-0.39, 0.29) is 0 Å². The first kappa shape index (κ1) is 14.0. The fourth-order valence-corrected chi connectivity index (χ4v) is 3.25. The molecule has 0 amide bonds. The van der Waals surface area contributed by atoms with E-state index in [0.717, 1.165) is 16.3 Å². The summed E-state index contributed by atoms with van der Waals surface area (Å²) >= 11 is 3.09. The minimum Gasteiger partial charge on any atom is -0.480 e. The molecule has 1 heterocycles. The predicted molar refractivity (Wildman–Crippen MR) is 79.3 cm³/mol. The van der Waals surface area contributed by atoms with E-state index in [4.69, 9.17) is 10.8 Å². The second-order valence-corrected chi connectivity index (χ2v) is 5.86. The highest BCUT2D eigenvalue weighted by atomic mass is 32.2. The summed E-state index contributed by atoms with van der Waals surface area (Å²) in [6, 6.07) is 9.18. The first-order valence-corrected chi connectivity index (χ1v) is 7.76. The van der Waals surface area contributed by atoms with Crippen molar-refractivity contribution in [3.63, 3.8) is 0 Å². The van der Waals surface area contributed by atoms with Crippen LogP contribution in [0.4, 0.5) is 0 Å². The molecule has 0 aliphatic heterocycles. The van der Waals surface area contributed by atoms with Gasteiger partial charge in [0.1, 0.15) is 11.0 Å². The van der Waals surface area contributed by atoms with Crippen molar-refractivity contribution >= 4 is 29.1 Å². The van der Waals surface area contributed by atoms with Gasteiger partial charge in [0.2, 0.25) is 0 Å². The number of carbonyl (C=O) groups is 1. The number of rotatable bonds is 6. The summed E-state index contributed by atoms with van der Waals surface area (Å²) in [4.78, 5) is 15.1. The van der Waals surface area contributed by atoms with Crippen LogP contribution in [0.3, 0.4) is 0 Å².